The van der Waals surface area contributed by atoms with E-state index in [1.54, 1.807) is 19.1 Å². The molecule has 2 unspecified atom stereocenters. The third-order valence-electron chi connectivity index (χ3n) is 9.82. The summed E-state index contributed by atoms with van der Waals surface area (Å²) in [6.45, 7) is 1.71. The summed E-state index contributed by atoms with van der Waals surface area (Å²) in [6.07, 6.45) is 3.40. The summed E-state index contributed by atoms with van der Waals surface area (Å²) in [5, 5.41) is 22.6. The van der Waals surface area contributed by atoms with Crippen LogP contribution in [0.2, 0.25) is 0 Å². The van der Waals surface area contributed by atoms with Crippen LogP contribution < -0.4 is 5.73 Å². The van der Waals surface area contributed by atoms with E-state index in [-0.39, 0.29) is 17.7 Å². The highest BCUT2D eigenvalue weighted by atomic mass is 16.5. The van der Waals surface area contributed by atoms with Gasteiger partial charge in [-0.15, -0.1) is 0 Å². The average molecular weight is 569 g/mol. The van der Waals surface area contributed by atoms with Crippen LogP contribution in [-0.4, -0.2) is 82.0 Å². The molecule has 5 rings (SSSR count). The number of hydrogen-bond donors (Lipinski definition) is 3. The Bertz CT molecular complexity index is 1330. The van der Waals surface area contributed by atoms with Crippen molar-refractivity contribution in [3.8, 4) is 5.75 Å². The van der Waals surface area contributed by atoms with Crippen LogP contribution in [0.5, 0.6) is 5.75 Å². The number of rotatable bonds is 6. The third kappa shape index (κ3) is 4.32. The van der Waals surface area contributed by atoms with Gasteiger partial charge in [-0.1, -0.05) is 44.7 Å². The Morgan fingerprint density at radius 1 is 1.10 bits per heavy atom. The second-order valence-corrected chi connectivity index (χ2v) is 12.3. The standard InChI is InChI=1S/C30H36N2O9/c1-13-15-9-6-10-16(33)19(15)24(35)20-18(13)26(41-17(34)12-11-14-7-4-5-8-14)22-23(32(2)3)25(36)21(29(31)39)28(38)30(22,40)27(20)37/h6,9-10,13-14,18,20-23,26,33,40H,4-5,7-8,11-12H2,1-3H3,(H2,31,39)/t13-,18+,20?,21?,22+,23-,26-,30-/m0/s1. The molecule has 0 aromatic heterocycles. The highest BCUT2D eigenvalue weighted by Crippen LogP contribution is 2.55. The van der Waals surface area contributed by atoms with Gasteiger partial charge in [-0.3, -0.25) is 33.7 Å². The number of Topliss-reactive ketones (excluding diaryl/α,β-unsaturated/α-hetero) is 4. The lowest BCUT2D eigenvalue weighted by molar-refractivity contribution is -0.205. The van der Waals surface area contributed by atoms with Crippen molar-refractivity contribution in [1.82, 2.24) is 4.90 Å². The Morgan fingerprint density at radius 3 is 2.37 bits per heavy atom. The van der Waals surface area contributed by atoms with E-state index in [1.165, 1.54) is 25.1 Å². The topological polar surface area (TPSA) is 181 Å². The molecule has 1 aromatic carbocycles. The molecule has 220 valence electrons. The maximum Gasteiger partial charge on any atom is 0.306 e. The van der Waals surface area contributed by atoms with Crippen LogP contribution >= 0.6 is 0 Å². The summed E-state index contributed by atoms with van der Waals surface area (Å²) in [4.78, 5) is 82.3. The summed E-state index contributed by atoms with van der Waals surface area (Å²) in [5.74, 6) is -13.4. The van der Waals surface area contributed by atoms with E-state index in [1.807, 2.05) is 0 Å². The van der Waals surface area contributed by atoms with Crippen molar-refractivity contribution >= 4 is 35.0 Å². The number of ether oxygens (including phenoxy) is 1. The Kier molecular flexibility index (Phi) is 7.40. The number of benzene rings is 1. The van der Waals surface area contributed by atoms with Gasteiger partial charge in [0.25, 0.3) is 0 Å². The maximum atomic E-state index is 14.2. The van der Waals surface area contributed by atoms with Crippen LogP contribution in [0.25, 0.3) is 0 Å². The maximum absolute atomic E-state index is 14.2. The predicted octanol–water partition coefficient (Wildman–Crippen LogP) is 0.920. The van der Waals surface area contributed by atoms with Crippen LogP contribution in [0.1, 0.15) is 67.3 Å². The van der Waals surface area contributed by atoms with Gasteiger partial charge in [-0.25, -0.2) is 0 Å². The number of likely N-dealkylation sites (N-methyl/N-ethyl adjacent to an activating group) is 1. The van der Waals surface area contributed by atoms with E-state index >= 15 is 0 Å². The molecule has 3 fully saturated rings. The first kappa shape index (κ1) is 29.1. The summed E-state index contributed by atoms with van der Waals surface area (Å²) < 4.78 is 6.03. The fraction of sp³-hybridized carbons (Fsp3) is 0.600. The van der Waals surface area contributed by atoms with E-state index in [0.717, 1.165) is 25.7 Å². The molecule has 0 bridgehead atoms. The zero-order valence-electron chi connectivity index (χ0n) is 23.4. The largest absolute Gasteiger partial charge is 0.507 e. The molecule has 0 radical (unpaired) electrons. The monoisotopic (exact) mass is 568 g/mol. The van der Waals surface area contributed by atoms with Crippen molar-refractivity contribution in [2.24, 2.45) is 35.3 Å². The Balaban J connectivity index is 1.66. The van der Waals surface area contributed by atoms with Crippen molar-refractivity contribution in [3.63, 3.8) is 0 Å². The van der Waals surface area contributed by atoms with Crippen LogP contribution in [0, 0.1) is 29.6 Å². The number of nitrogens with zero attached hydrogens (tertiary/aromatic N) is 1. The number of hydrogen-bond acceptors (Lipinski definition) is 10. The minimum absolute atomic E-state index is 0.0514. The number of fused-ring (bicyclic) bond motifs is 3. The van der Waals surface area contributed by atoms with Gasteiger partial charge < -0.3 is 20.7 Å². The van der Waals surface area contributed by atoms with Gasteiger partial charge in [-0.2, -0.15) is 0 Å². The number of nitrogens with two attached hydrogens (primary N) is 1. The number of ketones is 4. The molecule has 4 aliphatic carbocycles. The molecule has 3 saturated carbocycles. The highest BCUT2D eigenvalue weighted by molar-refractivity contribution is 6.32. The normalized spacial score (nSPS) is 35.2. The first-order valence-electron chi connectivity index (χ1n) is 14.2. The molecule has 0 aliphatic heterocycles. The lowest BCUT2D eigenvalue weighted by Gasteiger charge is -2.56. The molecule has 1 aromatic rings. The van der Waals surface area contributed by atoms with Gasteiger partial charge in [0.1, 0.15) is 11.9 Å². The van der Waals surface area contributed by atoms with Crippen LogP contribution in [0.15, 0.2) is 18.2 Å². The minimum atomic E-state index is -3.02. The molecule has 11 nitrogen and oxygen atoms in total. The number of aliphatic hydroxyl groups is 1. The lowest BCUT2D eigenvalue weighted by Crippen LogP contribution is -2.78. The Labute approximate surface area is 237 Å². The first-order chi connectivity index (χ1) is 19.3. The summed E-state index contributed by atoms with van der Waals surface area (Å²) in [5.41, 5.74) is 2.70. The number of carbonyl (C=O) groups is 6. The predicted molar refractivity (Wildman–Crippen MR) is 143 cm³/mol. The molecule has 8 atom stereocenters. The van der Waals surface area contributed by atoms with E-state index in [4.69, 9.17) is 10.5 Å². The third-order valence-corrected chi connectivity index (χ3v) is 9.82. The minimum Gasteiger partial charge on any atom is -0.507 e. The van der Waals surface area contributed by atoms with Crippen LogP contribution in [0.3, 0.4) is 0 Å². The molecule has 0 saturated heterocycles. The first-order valence-corrected chi connectivity index (χ1v) is 14.2. The fourth-order valence-electron chi connectivity index (χ4n) is 7.90. The molecule has 4 aliphatic rings. The highest BCUT2D eigenvalue weighted by Gasteiger charge is 2.74. The van der Waals surface area contributed by atoms with Crippen molar-refractivity contribution in [2.45, 2.75) is 69.1 Å². The van der Waals surface area contributed by atoms with Gasteiger partial charge in [0.2, 0.25) is 5.91 Å². The average Bonchev–Trinajstić information content (AvgIpc) is 3.42. The zero-order chi connectivity index (χ0) is 30.0. The fourth-order valence-corrected chi connectivity index (χ4v) is 7.90. The van der Waals surface area contributed by atoms with E-state index < -0.39 is 82.3 Å². The molecule has 0 heterocycles. The number of carbonyl (C=O) groups excluding carboxylic acids is 6. The summed E-state index contributed by atoms with van der Waals surface area (Å²) in [6, 6.07) is 3.07. The molecule has 11 heteroatoms. The van der Waals surface area contributed by atoms with Gasteiger partial charge >= 0.3 is 5.97 Å². The van der Waals surface area contributed by atoms with Crippen LogP contribution in [0.4, 0.5) is 0 Å². The molecular formula is C30H36N2O9. The molecule has 1 amide bonds. The van der Waals surface area contributed by atoms with Gasteiger partial charge in [-0.05, 0) is 44.0 Å². The van der Waals surface area contributed by atoms with E-state index in [9.17, 15) is 39.0 Å². The van der Waals surface area contributed by atoms with Crippen molar-refractivity contribution in [2.75, 3.05) is 14.1 Å². The molecule has 4 N–H and O–H groups in total. The Morgan fingerprint density at radius 2 is 1.76 bits per heavy atom. The molecule has 41 heavy (non-hydrogen) atoms. The van der Waals surface area contributed by atoms with Crippen LogP contribution in [-0.2, 0) is 28.7 Å². The summed E-state index contributed by atoms with van der Waals surface area (Å²) in [7, 11) is 2.96. The second-order valence-electron chi connectivity index (χ2n) is 12.3. The van der Waals surface area contributed by atoms with E-state index in [2.05, 4.69) is 0 Å². The zero-order valence-corrected chi connectivity index (χ0v) is 23.4. The number of phenolic OH excluding ortho intramolecular Hbond substituents is 1. The molecule has 0 spiro atoms. The second kappa shape index (κ2) is 10.4. The molecular weight excluding hydrogens is 532 g/mol. The number of esters is 1. The van der Waals surface area contributed by atoms with Crippen molar-refractivity contribution < 1.29 is 43.7 Å². The number of amides is 1. The number of aromatic hydroxyl groups is 1. The number of phenols is 1. The van der Waals surface area contributed by atoms with Crippen molar-refractivity contribution in [1.29, 1.82) is 0 Å². The number of primary amides is 1. The van der Waals surface area contributed by atoms with Gasteiger partial charge in [0, 0.05) is 12.3 Å². The summed E-state index contributed by atoms with van der Waals surface area (Å²) >= 11 is 0. The van der Waals surface area contributed by atoms with Gasteiger partial charge in [0.15, 0.2) is 34.7 Å². The van der Waals surface area contributed by atoms with E-state index in [0.29, 0.717) is 17.9 Å². The van der Waals surface area contributed by atoms with Crippen molar-refractivity contribution in [3.05, 3.63) is 29.3 Å². The SMILES string of the molecule is C[C@H]1c2cccc(O)c2C(=O)C2C(=O)[C@]3(O)C(=O)C(C(N)=O)C(=O)[C@@H](N(C)C)[C@@H]3[C@@H](OC(=O)CCC3CCCC3)[C@@H]21. The Hall–Kier alpha value is -3.44. The quantitative estimate of drug-likeness (QED) is 0.330. The smallest absolute Gasteiger partial charge is 0.306 e. The van der Waals surface area contributed by atoms with Gasteiger partial charge in [0.05, 0.1) is 23.4 Å². The lowest BCUT2D eigenvalue weighted by atomic mass is 9.49.